The molecule has 0 spiro atoms. The van der Waals surface area contributed by atoms with Crippen LogP contribution in [0.15, 0.2) is 53.4 Å². The van der Waals surface area contributed by atoms with E-state index in [1.165, 1.54) is 4.31 Å². The van der Waals surface area contributed by atoms with Crippen LogP contribution in [-0.2, 0) is 21.2 Å². The third-order valence-corrected chi connectivity index (χ3v) is 8.45. The normalized spacial score (nSPS) is 19.6. The van der Waals surface area contributed by atoms with Crippen LogP contribution in [0, 0.1) is 5.41 Å². The summed E-state index contributed by atoms with van der Waals surface area (Å²) in [5.41, 5.74) is 7.94. The van der Waals surface area contributed by atoms with E-state index >= 15 is 0 Å². The molecule has 2 aliphatic heterocycles. The van der Waals surface area contributed by atoms with E-state index in [0.717, 1.165) is 24.8 Å². The Balaban J connectivity index is 1.29. The quantitative estimate of drug-likeness (QED) is 0.404. The van der Waals surface area contributed by atoms with Crippen LogP contribution in [0.4, 0.5) is 10.5 Å². The van der Waals surface area contributed by atoms with Crippen molar-refractivity contribution in [3.05, 3.63) is 59.7 Å². The first-order valence-corrected chi connectivity index (χ1v) is 13.5. The van der Waals surface area contributed by atoms with Crippen molar-refractivity contribution in [1.82, 2.24) is 9.21 Å². The summed E-state index contributed by atoms with van der Waals surface area (Å²) in [6, 6.07) is 14.2. The SMILES string of the molecule is CCCCc1ccc(S(=O)(=O)N2CCN(CC3CN(c4ccc(C(=N)N)cc4)C(=O)O3)CC2)cc1. The fourth-order valence-electron chi connectivity index (χ4n) is 4.45. The molecule has 1 atom stereocenters. The van der Waals surface area contributed by atoms with Crippen molar-refractivity contribution in [1.29, 1.82) is 5.41 Å². The van der Waals surface area contributed by atoms with Gasteiger partial charge in [0.1, 0.15) is 11.9 Å². The van der Waals surface area contributed by atoms with E-state index in [4.69, 9.17) is 15.9 Å². The van der Waals surface area contributed by atoms with Crippen molar-refractivity contribution in [3.8, 4) is 0 Å². The van der Waals surface area contributed by atoms with Gasteiger partial charge in [0.15, 0.2) is 0 Å². The number of aryl methyl sites for hydroxylation is 1. The number of carbonyl (C=O) groups excluding carboxylic acids is 1. The van der Waals surface area contributed by atoms with Gasteiger partial charge in [-0.3, -0.25) is 15.2 Å². The third kappa shape index (κ3) is 5.83. The molecule has 2 aromatic carbocycles. The van der Waals surface area contributed by atoms with Crippen LogP contribution in [0.1, 0.15) is 30.9 Å². The lowest BCUT2D eigenvalue weighted by molar-refractivity contribution is 0.0937. The molecule has 0 bridgehead atoms. The number of nitrogens with one attached hydrogen (secondary N) is 1. The van der Waals surface area contributed by atoms with Crippen molar-refractivity contribution < 1.29 is 17.9 Å². The highest BCUT2D eigenvalue weighted by Gasteiger charge is 2.35. The number of hydrogen-bond donors (Lipinski definition) is 2. The van der Waals surface area contributed by atoms with Crippen molar-refractivity contribution in [2.24, 2.45) is 5.73 Å². The minimum atomic E-state index is -3.52. The summed E-state index contributed by atoms with van der Waals surface area (Å²) in [4.78, 5) is 16.4. The van der Waals surface area contributed by atoms with Crippen LogP contribution < -0.4 is 10.6 Å². The second kappa shape index (κ2) is 10.8. The Kier molecular flexibility index (Phi) is 7.73. The molecule has 1 amide bonds. The summed E-state index contributed by atoms with van der Waals surface area (Å²) >= 11 is 0. The number of amides is 1. The van der Waals surface area contributed by atoms with Crippen LogP contribution in [0.5, 0.6) is 0 Å². The van der Waals surface area contributed by atoms with Crippen molar-refractivity contribution in [2.45, 2.75) is 37.2 Å². The van der Waals surface area contributed by atoms with E-state index in [9.17, 15) is 13.2 Å². The maximum atomic E-state index is 13.1. The number of piperazine rings is 1. The maximum absolute atomic E-state index is 13.1. The highest BCUT2D eigenvalue weighted by Crippen LogP contribution is 2.24. The number of anilines is 1. The second-order valence-corrected chi connectivity index (χ2v) is 11.0. The lowest BCUT2D eigenvalue weighted by Crippen LogP contribution is -2.50. The first kappa shape index (κ1) is 25.2. The molecule has 2 heterocycles. The molecule has 0 saturated carbocycles. The molecule has 9 nitrogen and oxygen atoms in total. The number of cyclic esters (lactones) is 1. The Bertz CT molecular complexity index is 1140. The Labute approximate surface area is 207 Å². The summed E-state index contributed by atoms with van der Waals surface area (Å²) in [7, 11) is -3.52. The maximum Gasteiger partial charge on any atom is 0.414 e. The average Bonchev–Trinajstić information content (AvgIpc) is 3.23. The number of nitrogens with zero attached hydrogens (tertiary/aromatic N) is 3. The molecule has 10 heteroatoms. The highest BCUT2D eigenvalue weighted by molar-refractivity contribution is 7.89. The van der Waals surface area contributed by atoms with Gasteiger partial charge >= 0.3 is 6.09 Å². The zero-order valence-electron chi connectivity index (χ0n) is 20.0. The summed E-state index contributed by atoms with van der Waals surface area (Å²) in [6.07, 6.45) is 2.45. The first-order chi connectivity index (χ1) is 16.8. The van der Waals surface area contributed by atoms with E-state index in [2.05, 4.69) is 11.8 Å². The van der Waals surface area contributed by atoms with Gasteiger partial charge in [-0.15, -0.1) is 0 Å². The van der Waals surface area contributed by atoms with Gasteiger partial charge in [0.25, 0.3) is 0 Å². The Morgan fingerprint density at radius 2 is 1.71 bits per heavy atom. The third-order valence-electron chi connectivity index (χ3n) is 6.54. The molecule has 188 valence electrons. The number of amidine groups is 1. The Morgan fingerprint density at radius 3 is 2.31 bits per heavy atom. The minimum absolute atomic E-state index is 0.0245. The Hall–Kier alpha value is -2.95. The van der Waals surface area contributed by atoms with Gasteiger partial charge in [-0.25, -0.2) is 13.2 Å². The molecule has 0 aliphatic carbocycles. The topological polar surface area (TPSA) is 120 Å². The molecular formula is C25H33N5O4S. The van der Waals surface area contributed by atoms with E-state index in [-0.39, 0.29) is 11.9 Å². The highest BCUT2D eigenvalue weighted by atomic mass is 32.2. The zero-order valence-corrected chi connectivity index (χ0v) is 20.8. The smallest absolute Gasteiger partial charge is 0.414 e. The van der Waals surface area contributed by atoms with Crippen LogP contribution in [0.2, 0.25) is 0 Å². The number of ether oxygens (including phenoxy) is 1. The zero-order chi connectivity index (χ0) is 25.0. The van der Waals surface area contributed by atoms with Gasteiger partial charge in [-0.2, -0.15) is 4.31 Å². The number of carbonyl (C=O) groups is 1. The number of nitrogen functional groups attached to an aromatic ring is 1. The average molecular weight is 500 g/mol. The molecule has 35 heavy (non-hydrogen) atoms. The predicted molar refractivity (Wildman–Crippen MR) is 135 cm³/mol. The van der Waals surface area contributed by atoms with Gasteiger partial charge in [-0.1, -0.05) is 25.5 Å². The van der Waals surface area contributed by atoms with Gasteiger partial charge in [0.2, 0.25) is 10.0 Å². The van der Waals surface area contributed by atoms with E-state index in [1.54, 1.807) is 41.3 Å². The van der Waals surface area contributed by atoms with E-state index in [1.807, 2.05) is 12.1 Å². The van der Waals surface area contributed by atoms with E-state index in [0.29, 0.717) is 55.4 Å². The molecule has 3 N–H and O–H groups in total. The molecule has 2 aromatic rings. The summed E-state index contributed by atoms with van der Waals surface area (Å²) in [5.74, 6) is -0.0245. The number of hydrogen-bond acceptors (Lipinski definition) is 6. The van der Waals surface area contributed by atoms with Crippen molar-refractivity contribution >= 4 is 27.6 Å². The monoisotopic (exact) mass is 499 g/mol. The lowest BCUT2D eigenvalue weighted by Gasteiger charge is -2.34. The fourth-order valence-corrected chi connectivity index (χ4v) is 5.87. The predicted octanol–water partition coefficient (Wildman–Crippen LogP) is 2.64. The molecule has 2 fully saturated rings. The van der Waals surface area contributed by atoms with Crippen LogP contribution in [0.3, 0.4) is 0 Å². The van der Waals surface area contributed by atoms with Gasteiger partial charge in [0.05, 0.1) is 11.4 Å². The summed E-state index contributed by atoms with van der Waals surface area (Å²) in [5, 5.41) is 7.49. The number of nitrogens with two attached hydrogens (primary N) is 1. The van der Waals surface area contributed by atoms with Crippen molar-refractivity contribution in [2.75, 3.05) is 44.2 Å². The van der Waals surface area contributed by atoms with Crippen LogP contribution >= 0.6 is 0 Å². The number of rotatable bonds is 9. The first-order valence-electron chi connectivity index (χ1n) is 12.0. The summed E-state index contributed by atoms with van der Waals surface area (Å²) < 4.78 is 33.3. The van der Waals surface area contributed by atoms with Gasteiger partial charge < -0.3 is 10.5 Å². The molecule has 1 unspecified atom stereocenters. The molecule has 2 saturated heterocycles. The minimum Gasteiger partial charge on any atom is -0.443 e. The van der Waals surface area contributed by atoms with Crippen molar-refractivity contribution in [3.63, 3.8) is 0 Å². The fraction of sp³-hybridized carbons (Fsp3) is 0.440. The largest absolute Gasteiger partial charge is 0.443 e. The summed E-state index contributed by atoms with van der Waals surface area (Å²) in [6.45, 7) is 5.06. The number of benzene rings is 2. The van der Waals surface area contributed by atoms with Gasteiger partial charge in [-0.05, 0) is 54.8 Å². The van der Waals surface area contributed by atoms with Crippen LogP contribution in [0.25, 0.3) is 0 Å². The molecule has 0 radical (unpaired) electrons. The van der Waals surface area contributed by atoms with Gasteiger partial charge in [0, 0.05) is 44.0 Å². The molecule has 4 rings (SSSR count). The molecule has 0 aromatic heterocycles. The van der Waals surface area contributed by atoms with Crippen LogP contribution in [-0.4, -0.2) is 74.9 Å². The lowest BCUT2D eigenvalue weighted by atomic mass is 10.1. The number of unbranched alkanes of at least 4 members (excludes halogenated alkanes) is 1. The van der Waals surface area contributed by atoms with E-state index < -0.39 is 16.1 Å². The Morgan fingerprint density at radius 1 is 1.06 bits per heavy atom. The molecule has 2 aliphatic rings. The second-order valence-electron chi connectivity index (χ2n) is 9.03. The number of sulfonamides is 1. The molecular weight excluding hydrogens is 466 g/mol. The standard InChI is InChI=1S/C25H33N5O4S/c1-2-3-4-19-5-11-23(12-6-19)35(32,33)29-15-13-28(14-16-29)17-22-18-30(25(31)34-22)21-9-7-20(8-10-21)24(26)27/h5-12,22H,2-4,13-18H2,1H3,(H3,26,27).